The van der Waals surface area contributed by atoms with Crippen molar-refractivity contribution in [1.29, 1.82) is 0 Å². The van der Waals surface area contributed by atoms with Crippen molar-refractivity contribution >= 4 is 11.8 Å². The van der Waals surface area contributed by atoms with E-state index in [9.17, 15) is 9.59 Å². The number of hydrogen-bond acceptors (Lipinski definition) is 6. The van der Waals surface area contributed by atoms with Gasteiger partial charge in [0.2, 0.25) is 6.79 Å². The number of rotatable bonds is 5. The molecule has 2 amide bonds. The fraction of sp³-hybridized carbons (Fsp3) is 0.300. The molecule has 2 aromatic carbocycles. The first-order valence-corrected chi connectivity index (χ1v) is 9.04. The van der Waals surface area contributed by atoms with Crippen LogP contribution in [0.3, 0.4) is 0 Å². The zero-order valence-electron chi connectivity index (χ0n) is 15.1. The van der Waals surface area contributed by atoms with E-state index in [2.05, 4.69) is 10.9 Å². The van der Waals surface area contributed by atoms with Gasteiger partial charge in [0, 0.05) is 17.7 Å². The maximum absolute atomic E-state index is 12.2. The predicted octanol–water partition coefficient (Wildman–Crippen LogP) is 2.05. The Balaban J connectivity index is 1.27. The summed E-state index contributed by atoms with van der Waals surface area (Å²) in [6, 6.07) is 11.5. The van der Waals surface area contributed by atoms with Gasteiger partial charge in [0.05, 0.1) is 6.10 Å². The fourth-order valence-electron chi connectivity index (χ4n) is 2.96. The molecule has 0 unspecified atom stereocenters. The van der Waals surface area contributed by atoms with E-state index in [1.807, 2.05) is 0 Å². The molecule has 8 heteroatoms. The molecular weight excluding hydrogens is 364 g/mol. The molecule has 0 spiro atoms. The SMILES string of the molecule is O=C(NNC(=O)c1ccc2c(c1)OCO2)c1ccc(OC[C@@H]2CCCO2)cc1. The van der Waals surface area contributed by atoms with E-state index in [1.165, 1.54) is 0 Å². The van der Waals surface area contributed by atoms with Gasteiger partial charge in [-0.2, -0.15) is 0 Å². The van der Waals surface area contributed by atoms with E-state index >= 15 is 0 Å². The summed E-state index contributed by atoms with van der Waals surface area (Å²) in [6.45, 7) is 1.41. The van der Waals surface area contributed by atoms with Gasteiger partial charge in [-0.1, -0.05) is 0 Å². The van der Waals surface area contributed by atoms with E-state index in [-0.39, 0.29) is 12.9 Å². The fourth-order valence-corrected chi connectivity index (χ4v) is 2.96. The van der Waals surface area contributed by atoms with Gasteiger partial charge in [0.1, 0.15) is 12.4 Å². The summed E-state index contributed by atoms with van der Waals surface area (Å²) in [5.41, 5.74) is 5.52. The summed E-state index contributed by atoms with van der Waals surface area (Å²) in [7, 11) is 0. The van der Waals surface area contributed by atoms with Gasteiger partial charge in [-0.15, -0.1) is 0 Å². The zero-order chi connectivity index (χ0) is 19.3. The molecule has 0 saturated carbocycles. The first-order valence-electron chi connectivity index (χ1n) is 9.04. The topological polar surface area (TPSA) is 95.1 Å². The molecule has 2 N–H and O–H groups in total. The van der Waals surface area contributed by atoms with E-state index in [4.69, 9.17) is 18.9 Å². The summed E-state index contributed by atoms with van der Waals surface area (Å²) in [6.07, 6.45) is 2.20. The van der Waals surface area contributed by atoms with Crippen LogP contribution < -0.4 is 25.1 Å². The van der Waals surface area contributed by atoms with Crippen LogP contribution in [-0.2, 0) is 4.74 Å². The maximum atomic E-state index is 12.2. The highest BCUT2D eigenvalue weighted by atomic mass is 16.7. The summed E-state index contributed by atoms with van der Waals surface area (Å²) < 4.78 is 21.6. The van der Waals surface area contributed by atoms with Crippen LogP contribution in [0.1, 0.15) is 33.6 Å². The molecule has 0 aromatic heterocycles. The van der Waals surface area contributed by atoms with Crippen LogP contribution in [0.2, 0.25) is 0 Å². The molecule has 2 aliphatic rings. The molecule has 1 atom stereocenters. The average Bonchev–Trinajstić information content (AvgIpc) is 3.41. The Morgan fingerprint density at radius 1 is 0.964 bits per heavy atom. The summed E-state index contributed by atoms with van der Waals surface area (Å²) >= 11 is 0. The van der Waals surface area contributed by atoms with Gasteiger partial charge >= 0.3 is 0 Å². The molecule has 2 heterocycles. The van der Waals surface area contributed by atoms with Gasteiger partial charge in [0.25, 0.3) is 11.8 Å². The van der Waals surface area contributed by atoms with Crippen LogP contribution in [0.4, 0.5) is 0 Å². The molecule has 2 aromatic rings. The molecule has 2 aliphatic heterocycles. The lowest BCUT2D eigenvalue weighted by Gasteiger charge is -2.12. The lowest BCUT2D eigenvalue weighted by molar-refractivity contribution is 0.0679. The van der Waals surface area contributed by atoms with Crippen molar-refractivity contribution in [3.05, 3.63) is 53.6 Å². The van der Waals surface area contributed by atoms with Gasteiger partial charge in [0.15, 0.2) is 11.5 Å². The molecular formula is C20H20N2O6. The monoisotopic (exact) mass is 384 g/mol. The van der Waals surface area contributed by atoms with Crippen LogP contribution in [0.25, 0.3) is 0 Å². The molecule has 28 heavy (non-hydrogen) atoms. The second-order valence-corrected chi connectivity index (χ2v) is 6.45. The van der Waals surface area contributed by atoms with Crippen molar-refractivity contribution in [1.82, 2.24) is 10.9 Å². The number of carbonyl (C=O) groups is 2. The largest absolute Gasteiger partial charge is 0.491 e. The van der Waals surface area contributed by atoms with Crippen molar-refractivity contribution in [3.63, 3.8) is 0 Å². The first-order chi connectivity index (χ1) is 13.7. The van der Waals surface area contributed by atoms with E-state index in [1.54, 1.807) is 42.5 Å². The normalized spacial score (nSPS) is 17.2. The third kappa shape index (κ3) is 4.17. The van der Waals surface area contributed by atoms with Crippen LogP contribution in [0, 0.1) is 0 Å². The number of benzene rings is 2. The highest BCUT2D eigenvalue weighted by Gasteiger charge is 2.17. The number of hydrogen-bond donors (Lipinski definition) is 2. The number of hydrazine groups is 1. The molecule has 1 saturated heterocycles. The number of fused-ring (bicyclic) bond motifs is 1. The van der Waals surface area contributed by atoms with Gasteiger partial charge in [-0.25, -0.2) is 0 Å². The average molecular weight is 384 g/mol. The minimum Gasteiger partial charge on any atom is -0.491 e. The Labute approximate surface area is 161 Å². The predicted molar refractivity (Wildman–Crippen MR) is 98.4 cm³/mol. The highest BCUT2D eigenvalue weighted by Crippen LogP contribution is 2.32. The van der Waals surface area contributed by atoms with E-state index in [0.29, 0.717) is 35.0 Å². The quantitative estimate of drug-likeness (QED) is 0.766. The molecule has 0 radical (unpaired) electrons. The van der Waals surface area contributed by atoms with Crippen molar-refractivity contribution in [3.8, 4) is 17.2 Å². The second-order valence-electron chi connectivity index (χ2n) is 6.45. The van der Waals surface area contributed by atoms with E-state index < -0.39 is 11.8 Å². The minimum absolute atomic E-state index is 0.129. The van der Waals surface area contributed by atoms with Crippen molar-refractivity contribution in [2.75, 3.05) is 20.0 Å². The summed E-state index contributed by atoms with van der Waals surface area (Å²) in [5, 5.41) is 0. The number of carbonyl (C=O) groups excluding carboxylic acids is 2. The van der Waals surface area contributed by atoms with Crippen LogP contribution in [-0.4, -0.2) is 37.9 Å². The van der Waals surface area contributed by atoms with Crippen LogP contribution >= 0.6 is 0 Å². The minimum atomic E-state index is -0.455. The molecule has 8 nitrogen and oxygen atoms in total. The van der Waals surface area contributed by atoms with Crippen LogP contribution in [0.5, 0.6) is 17.2 Å². The van der Waals surface area contributed by atoms with Crippen molar-refractivity contribution < 1.29 is 28.5 Å². The zero-order valence-corrected chi connectivity index (χ0v) is 15.1. The standard InChI is InChI=1S/C20H20N2O6/c23-19(13-3-6-15(7-4-13)26-11-16-2-1-9-25-16)21-22-20(24)14-5-8-17-18(10-14)28-12-27-17/h3-8,10,16H,1-2,9,11-12H2,(H,21,23)(H,22,24)/t16-/m0/s1. The number of nitrogens with one attached hydrogen (secondary N) is 2. The van der Waals surface area contributed by atoms with E-state index in [0.717, 1.165) is 19.4 Å². The molecule has 146 valence electrons. The Hall–Kier alpha value is -3.26. The molecule has 0 bridgehead atoms. The van der Waals surface area contributed by atoms with Crippen molar-refractivity contribution in [2.45, 2.75) is 18.9 Å². The Bertz CT molecular complexity index is 861. The smallest absolute Gasteiger partial charge is 0.269 e. The first kappa shape index (κ1) is 18.1. The summed E-state index contributed by atoms with van der Waals surface area (Å²) in [5.74, 6) is 0.860. The third-order valence-corrected chi connectivity index (χ3v) is 4.50. The molecule has 4 rings (SSSR count). The van der Waals surface area contributed by atoms with Gasteiger partial charge in [-0.3, -0.25) is 20.4 Å². The maximum Gasteiger partial charge on any atom is 0.269 e. The van der Waals surface area contributed by atoms with Crippen LogP contribution in [0.15, 0.2) is 42.5 Å². The second kappa shape index (κ2) is 8.18. The number of amides is 2. The summed E-state index contributed by atoms with van der Waals surface area (Å²) in [4.78, 5) is 24.4. The van der Waals surface area contributed by atoms with Gasteiger partial charge < -0.3 is 18.9 Å². The van der Waals surface area contributed by atoms with Gasteiger partial charge in [-0.05, 0) is 55.3 Å². The lowest BCUT2D eigenvalue weighted by atomic mass is 10.2. The van der Waals surface area contributed by atoms with Crippen molar-refractivity contribution in [2.24, 2.45) is 0 Å². The Kier molecular flexibility index (Phi) is 5.29. The lowest BCUT2D eigenvalue weighted by Crippen LogP contribution is -2.41. The number of ether oxygens (including phenoxy) is 4. The molecule has 0 aliphatic carbocycles. The third-order valence-electron chi connectivity index (χ3n) is 4.50. The molecule has 1 fully saturated rings. The highest BCUT2D eigenvalue weighted by molar-refractivity contribution is 5.99. The Morgan fingerprint density at radius 3 is 2.43 bits per heavy atom. The Morgan fingerprint density at radius 2 is 1.68 bits per heavy atom.